The summed E-state index contributed by atoms with van der Waals surface area (Å²) in [6.07, 6.45) is 5.58. The van der Waals surface area contributed by atoms with Gasteiger partial charge >= 0.3 is 0 Å². The van der Waals surface area contributed by atoms with Gasteiger partial charge in [-0.15, -0.1) is 0 Å². The van der Waals surface area contributed by atoms with Crippen LogP contribution in [-0.4, -0.2) is 12.2 Å². The Hall–Kier alpha value is -1.54. The maximum atomic E-state index is 10.9. The maximum absolute atomic E-state index is 10.9. The second-order valence-corrected chi connectivity index (χ2v) is 5.75. The molecule has 0 radical (unpaired) electrons. The van der Waals surface area contributed by atoms with Gasteiger partial charge in [-0.1, -0.05) is 49.6 Å². The van der Waals surface area contributed by atoms with Gasteiger partial charge in [-0.2, -0.15) is 0 Å². The van der Waals surface area contributed by atoms with E-state index in [0.29, 0.717) is 5.92 Å². The number of hydrogen-bond donors (Lipinski definition) is 1. The predicted molar refractivity (Wildman–Crippen MR) is 82.0 cm³/mol. The number of aliphatic hydroxyl groups is 1. The average Bonchev–Trinajstić information content (AvgIpc) is 2.54. The average molecular weight is 270 g/mol. The van der Waals surface area contributed by atoms with Gasteiger partial charge in [0.05, 0.1) is 13.2 Å². The number of aliphatic hydroxyl groups excluding tert-OH is 1. The molecule has 1 aliphatic carbocycles. The first-order chi connectivity index (χ1) is 9.81. The molecule has 1 unspecified atom stereocenters. The maximum Gasteiger partial charge on any atom is 0.125 e. The van der Waals surface area contributed by atoms with Crippen molar-refractivity contribution in [1.82, 2.24) is 0 Å². The summed E-state index contributed by atoms with van der Waals surface area (Å²) in [5.74, 6) is 1.17. The minimum Gasteiger partial charge on any atom is -0.496 e. The third-order valence-electron chi connectivity index (χ3n) is 4.54. The molecule has 106 valence electrons. The fourth-order valence-electron chi connectivity index (χ4n) is 3.44. The predicted octanol–water partition coefficient (Wildman–Crippen LogP) is 4.46. The summed E-state index contributed by atoms with van der Waals surface area (Å²) in [5.41, 5.74) is 0.970. The SMILES string of the molecule is COc1ccc2ccccc2c1C(O)C1CCCCC1. The van der Waals surface area contributed by atoms with Crippen molar-refractivity contribution in [1.29, 1.82) is 0 Å². The summed E-state index contributed by atoms with van der Waals surface area (Å²) in [5, 5.41) is 13.2. The molecule has 0 aliphatic heterocycles. The molecule has 3 rings (SSSR count). The molecule has 2 nitrogen and oxygen atoms in total. The second kappa shape index (κ2) is 5.84. The smallest absolute Gasteiger partial charge is 0.125 e. The van der Waals surface area contributed by atoms with Crippen LogP contribution in [0.4, 0.5) is 0 Å². The molecule has 0 bridgehead atoms. The number of fused-ring (bicyclic) bond motifs is 1. The first-order valence-corrected chi connectivity index (χ1v) is 7.55. The molecule has 0 aromatic heterocycles. The van der Waals surface area contributed by atoms with Gasteiger partial charge in [0.2, 0.25) is 0 Å². The lowest BCUT2D eigenvalue weighted by Crippen LogP contribution is -2.17. The summed E-state index contributed by atoms with van der Waals surface area (Å²) in [6.45, 7) is 0. The highest BCUT2D eigenvalue weighted by atomic mass is 16.5. The number of methoxy groups -OCH3 is 1. The Bertz CT molecular complexity index is 585. The van der Waals surface area contributed by atoms with Crippen LogP contribution in [0.5, 0.6) is 5.75 Å². The van der Waals surface area contributed by atoms with Crippen LogP contribution in [0.2, 0.25) is 0 Å². The topological polar surface area (TPSA) is 29.5 Å². The highest BCUT2D eigenvalue weighted by molar-refractivity contribution is 5.88. The van der Waals surface area contributed by atoms with E-state index in [0.717, 1.165) is 34.9 Å². The molecule has 0 heterocycles. The van der Waals surface area contributed by atoms with Crippen molar-refractivity contribution in [3.8, 4) is 5.75 Å². The molecule has 2 aromatic carbocycles. The Kier molecular flexibility index (Phi) is 3.93. The zero-order valence-corrected chi connectivity index (χ0v) is 12.0. The van der Waals surface area contributed by atoms with E-state index in [1.807, 2.05) is 18.2 Å². The van der Waals surface area contributed by atoms with E-state index in [1.54, 1.807) is 7.11 Å². The Balaban J connectivity index is 2.07. The van der Waals surface area contributed by atoms with Gasteiger partial charge in [0, 0.05) is 5.56 Å². The second-order valence-electron chi connectivity index (χ2n) is 5.75. The Morgan fingerprint density at radius 3 is 2.55 bits per heavy atom. The molecule has 0 saturated heterocycles. The summed E-state index contributed by atoms with van der Waals surface area (Å²) < 4.78 is 5.51. The van der Waals surface area contributed by atoms with Crippen molar-refractivity contribution in [2.24, 2.45) is 5.92 Å². The standard InChI is InChI=1S/C18H22O2/c1-20-16-12-11-13-7-5-6-10-15(13)17(16)18(19)14-8-3-2-4-9-14/h5-7,10-12,14,18-19H,2-4,8-9H2,1H3. The summed E-state index contributed by atoms with van der Waals surface area (Å²) in [4.78, 5) is 0. The molecule has 1 N–H and O–H groups in total. The van der Waals surface area contributed by atoms with Crippen LogP contribution in [0.3, 0.4) is 0 Å². The lowest BCUT2D eigenvalue weighted by Gasteiger charge is -2.28. The van der Waals surface area contributed by atoms with E-state index in [-0.39, 0.29) is 0 Å². The van der Waals surface area contributed by atoms with Crippen LogP contribution >= 0.6 is 0 Å². The van der Waals surface area contributed by atoms with Crippen molar-refractivity contribution in [3.05, 3.63) is 42.0 Å². The summed E-state index contributed by atoms with van der Waals surface area (Å²) in [6, 6.07) is 12.3. The summed E-state index contributed by atoms with van der Waals surface area (Å²) in [7, 11) is 1.68. The molecule has 0 amide bonds. The van der Waals surface area contributed by atoms with Gasteiger partial charge in [-0.3, -0.25) is 0 Å². The van der Waals surface area contributed by atoms with Gasteiger partial charge in [-0.05, 0) is 35.6 Å². The van der Waals surface area contributed by atoms with E-state index in [9.17, 15) is 5.11 Å². The van der Waals surface area contributed by atoms with Crippen LogP contribution in [0.15, 0.2) is 36.4 Å². The van der Waals surface area contributed by atoms with Gasteiger partial charge < -0.3 is 9.84 Å². The first kappa shape index (κ1) is 13.4. The van der Waals surface area contributed by atoms with E-state index in [4.69, 9.17) is 4.74 Å². The minimum absolute atomic E-state index is 0.364. The third kappa shape index (κ3) is 2.40. The van der Waals surface area contributed by atoms with Crippen molar-refractivity contribution >= 4 is 10.8 Å². The Labute approximate surface area is 120 Å². The van der Waals surface area contributed by atoms with Gasteiger partial charge in [0.15, 0.2) is 0 Å². The number of ether oxygens (including phenoxy) is 1. The highest BCUT2D eigenvalue weighted by Gasteiger charge is 2.26. The Morgan fingerprint density at radius 1 is 1.05 bits per heavy atom. The van der Waals surface area contributed by atoms with Gasteiger partial charge in [0.1, 0.15) is 5.75 Å². The van der Waals surface area contributed by atoms with E-state index >= 15 is 0 Å². The lowest BCUT2D eigenvalue weighted by molar-refractivity contribution is 0.0838. The van der Waals surface area contributed by atoms with Crippen LogP contribution in [0.25, 0.3) is 10.8 Å². The fourth-order valence-corrected chi connectivity index (χ4v) is 3.44. The van der Waals surface area contributed by atoms with Crippen LogP contribution < -0.4 is 4.74 Å². The van der Waals surface area contributed by atoms with E-state index in [2.05, 4.69) is 18.2 Å². The van der Waals surface area contributed by atoms with Crippen LogP contribution in [0.1, 0.15) is 43.8 Å². The Morgan fingerprint density at radius 2 is 1.80 bits per heavy atom. The van der Waals surface area contributed by atoms with Crippen molar-refractivity contribution in [2.75, 3.05) is 7.11 Å². The number of benzene rings is 2. The molecule has 20 heavy (non-hydrogen) atoms. The van der Waals surface area contributed by atoms with Crippen molar-refractivity contribution in [3.63, 3.8) is 0 Å². The number of hydrogen-bond acceptors (Lipinski definition) is 2. The zero-order valence-electron chi connectivity index (χ0n) is 12.0. The molecular weight excluding hydrogens is 248 g/mol. The van der Waals surface area contributed by atoms with Crippen molar-refractivity contribution in [2.45, 2.75) is 38.2 Å². The molecule has 1 atom stereocenters. The van der Waals surface area contributed by atoms with E-state index < -0.39 is 6.10 Å². The first-order valence-electron chi connectivity index (χ1n) is 7.55. The van der Waals surface area contributed by atoms with Crippen LogP contribution in [-0.2, 0) is 0 Å². The normalized spacial score (nSPS) is 18.1. The molecule has 1 fully saturated rings. The lowest BCUT2D eigenvalue weighted by atomic mass is 9.81. The molecule has 0 spiro atoms. The van der Waals surface area contributed by atoms with Gasteiger partial charge in [0.25, 0.3) is 0 Å². The number of rotatable bonds is 3. The van der Waals surface area contributed by atoms with Crippen LogP contribution in [0, 0.1) is 5.92 Å². The fraction of sp³-hybridized carbons (Fsp3) is 0.444. The largest absolute Gasteiger partial charge is 0.496 e. The molecule has 2 aromatic rings. The van der Waals surface area contributed by atoms with E-state index in [1.165, 1.54) is 19.3 Å². The minimum atomic E-state index is -0.420. The highest BCUT2D eigenvalue weighted by Crippen LogP contribution is 2.41. The van der Waals surface area contributed by atoms with Gasteiger partial charge in [-0.25, -0.2) is 0 Å². The monoisotopic (exact) mass is 270 g/mol. The zero-order chi connectivity index (χ0) is 13.9. The molecule has 1 aliphatic rings. The van der Waals surface area contributed by atoms with Crippen molar-refractivity contribution < 1.29 is 9.84 Å². The summed E-state index contributed by atoms with van der Waals surface area (Å²) >= 11 is 0. The molecule has 2 heteroatoms. The molecule has 1 saturated carbocycles. The molecular formula is C18H22O2. The third-order valence-corrected chi connectivity index (χ3v) is 4.54. The quantitative estimate of drug-likeness (QED) is 0.892.